The second kappa shape index (κ2) is 5.66. The molecule has 0 saturated carbocycles. The molecule has 0 aromatic heterocycles. The first-order chi connectivity index (χ1) is 9.52. The van der Waals surface area contributed by atoms with Gasteiger partial charge in [0.2, 0.25) is 0 Å². The molecule has 1 unspecified atom stereocenters. The maximum Gasteiger partial charge on any atom is 0.184 e. The molecule has 2 aromatic rings. The third kappa shape index (κ3) is 2.75. The lowest BCUT2D eigenvalue weighted by molar-refractivity contribution is 0.0978. The Bertz CT molecular complexity index is 680. The topological polar surface area (TPSA) is 40.9 Å². The van der Waals surface area contributed by atoms with Crippen LogP contribution in [-0.4, -0.2) is 5.78 Å². The van der Waals surface area contributed by atoms with E-state index in [9.17, 15) is 14.4 Å². The predicted octanol–water partition coefficient (Wildman–Crippen LogP) is 3.93. The normalized spacial score (nSPS) is 11.7. The van der Waals surface area contributed by atoms with Gasteiger partial charge in [0.1, 0.15) is 11.7 Å². The van der Waals surface area contributed by atoms with E-state index in [0.29, 0.717) is 11.1 Å². The summed E-state index contributed by atoms with van der Waals surface area (Å²) in [7, 11) is 0. The van der Waals surface area contributed by atoms with E-state index in [0.717, 1.165) is 5.56 Å². The van der Waals surface area contributed by atoms with Crippen molar-refractivity contribution in [3.8, 4) is 6.07 Å². The zero-order valence-corrected chi connectivity index (χ0v) is 11.4. The minimum atomic E-state index is -0.905. The summed E-state index contributed by atoms with van der Waals surface area (Å²) in [5.74, 6) is -1.74. The van der Waals surface area contributed by atoms with Crippen LogP contribution in [0.25, 0.3) is 0 Å². The summed E-state index contributed by atoms with van der Waals surface area (Å²) in [6.07, 6.45) is 0. The summed E-state index contributed by atoms with van der Waals surface area (Å²) < 4.78 is 13.4. The number of nitrogens with zero attached hydrogens (tertiary/aromatic N) is 1. The number of aryl methyl sites for hydroxylation is 2. The highest BCUT2D eigenvalue weighted by Crippen LogP contribution is 2.24. The number of carbonyl (C=O) groups is 1. The quantitative estimate of drug-likeness (QED) is 0.790. The Labute approximate surface area is 117 Å². The van der Waals surface area contributed by atoms with Crippen molar-refractivity contribution in [2.45, 2.75) is 19.8 Å². The molecule has 1 atom stereocenters. The number of hydrogen-bond donors (Lipinski definition) is 0. The van der Waals surface area contributed by atoms with Gasteiger partial charge in [-0.05, 0) is 48.7 Å². The molecule has 2 rings (SSSR count). The Hall–Kier alpha value is -2.47. The summed E-state index contributed by atoms with van der Waals surface area (Å²) in [4.78, 5) is 12.4. The molecule has 0 N–H and O–H groups in total. The molecule has 100 valence electrons. The Morgan fingerprint density at radius 1 is 1.20 bits per heavy atom. The SMILES string of the molecule is Cc1cc(F)cc(C(=O)C(C#N)c2ccccc2C)c1. The molecule has 0 aliphatic rings. The zero-order valence-electron chi connectivity index (χ0n) is 11.4. The van der Waals surface area contributed by atoms with Crippen molar-refractivity contribution in [3.05, 3.63) is 70.5 Å². The van der Waals surface area contributed by atoms with E-state index in [1.807, 2.05) is 25.1 Å². The number of Topliss-reactive ketones (excluding diaryl/α,β-unsaturated/α-hetero) is 1. The van der Waals surface area contributed by atoms with Crippen LogP contribution in [-0.2, 0) is 0 Å². The molecule has 20 heavy (non-hydrogen) atoms. The number of carbonyl (C=O) groups excluding carboxylic acids is 1. The van der Waals surface area contributed by atoms with Crippen molar-refractivity contribution in [2.24, 2.45) is 0 Å². The van der Waals surface area contributed by atoms with Crippen LogP contribution in [0.1, 0.15) is 33.0 Å². The third-order valence-electron chi connectivity index (χ3n) is 3.22. The highest BCUT2D eigenvalue weighted by atomic mass is 19.1. The van der Waals surface area contributed by atoms with E-state index in [1.165, 1.54) is 12.1 Å². The molecule has 0 amide bonds. The van der Waals surface area contributed by atoms with Crippen LogP contribution in [0.3, 0.4) is 0 Å². The smallest absolute Gasteiger partial charge is 0.184 e. The fourth-order valence-electron chi connectivity index (χ4n) is 2.23. The van der Waals surface area contributed by atoms with Crippen LogP contribution in [0.15, 0.2) is 42.5 Å². The maximum atomic E-state index is 13.4. The van der Waals surface area contributed by atoms with Crippen molar-refractivity contribution in [1.29, 1.82) is 5.26 Å². The maximum absolute atomic E-state index is 13.4. The second-order valence-corrected chi connectivity index (χ2v) is 4.80. The Balaban J connectivity index is 2.45. The number of rotatable bonds is 3. The van der Waals surface area contributed by atoms with Gasteiger partial charge in [0.05, 0.1) is 6.07 Å². The first kappa shape index (κ1) is 14.0. The molecule has 0 aliphatic carbocycles. The van der Waals surface area contributed by atoms with E-state index in [2.05, 4.69) is 0 Å². The van der Waals surface area contributed by atoms with Crippen LogP contribution >= 0.6 is 0 Å². The standard InChI is InChI=1S/C17H14FNO/c1-11-7-13(9-14(18)8-11)17(20)16(10-19)15-6-4-3-5-12(15)2/h3-9,16H,1-2H3. The van der Waals surface area contributed by atoms with Crippen molar-refractivity contribution in [2.75, 3.05) is 0 Å². The summed E-state index contributed by atoms with van der Waals surface area (Å²) in [6, 6.07) is 13.4. The first-order valence-electron chi connectivity index (χ1n) is 6.29. The van der Waals surface area contributed by atoms with Crippen LogP contribution in [0.2, 0.25) is 0 Å². The van der Waals surface area contributed by atoms with Gasteiger partial charge in [-0.2, -0.15) is 5.26 Å². The summed E-state index contributed by atoms with van der Waals surface area (Å²) in [5.41, 5.74) is 2.44. The minimum Gasteiger partial charge on any atom is -0.292 e. The molecular weight excluding hydrogens is 253 g/mol. The fourth-order valence-corrected chi connectivity index (χ4v) is 2.23. The van der Waals surface area contributed by atoms with Crippen molar-refractivity contribution in [3.63, 3.8) is 0 Å². The highest BCUT2D eigenvalue weighted by Gasteiger charge is 2.23. The molecule has 0 fully saturated rings. The van der Waals surface area contributed by atoms with Crippen LogP contribution in [0.5, 0.6) is 0 Å². The fraction of sp³-hybridized carbons (Fsp3) is 0.176. The van der Waals surface area contributed by atoms with Gasteiger partial charge in [0.25, 0.3) is 0 Å². The van der Waals surface area contributed by atoms with Crippen molar-refractivity contribution in [1.82, 2.24) is 0 Å². The van der Waals surface area contributed by atoms with Crippen molar-refractivity contribution < 1.29 is 9.18 Å². The molecule has 0 bridgehead atoms. The predicted molar refractivity (Wildman–Crippen MR) is 75.0 cm³/mol. The van der Waals surface area contributed by atoms with Crippen LogP contribution < -0.4 is 0 Å². The van der Waals surface area contributed by atoms with Gasteiger partial charge in [0, 0.05) is 5.56 Å². The van der Waals surface area contributed by atoms with Crippen molar-refractivity contribution >= 4 is 5.78 Å². The van der Waals surface area contributed by atoms with Gasteiger partial charge >= 0.3 is 0 Å². The van der Waals surface area contributed by atoms with Gasteiger partial charge in [-0.25, -0.2) is 4.39 Å². The lowest BCUT2D eigenvalue weighted by Gasteiger charge is -2.12. The van der Waals surface area contributed by atoms with Gasteiger partial charge < -0.3 is 0 Å². The molecule has 2 nitrogen and oxygen atoms in total. The number of hydrogen-bond acceptors (Lipinski definition) is 2. The molecule has 0 aliphatic heterocycles. The summed E-state index contributed by atoms with van der Waals surface area (Å²) >= 11 is 0. The van der Waals surface area contributed by atoms with E-state index in [1.54, 1.807) is 25.1 Å². The average molecular weight is 267 g/mol. The monoisotopic (exact) mass is 267 g/mol. The number of halogens is 1. The first-order valence-corrected chi connectivity index (χ1v) is 6.29. The molecule has 3 heteroatoms. The van der Waals surface area contributed by atoms with E-state index < -0.39 is 11.7 Å². The van der Waals surface area contributed by atoms with E-state index in [-0.39, 0.29) is 11.3 Å². The molecule has 0 heterocycles. The summed E-state index contributed by atoms with van der Waals surface area (Å²) in [6.45, 7) is 3.57. The van der Waals surface area contributed by atoms with Crippen LogP contribution in [0.4, 0.5) is 4.39 Å². The number of ketones is 1. The average Bonchev–Trinajstić information content (AvgIpc) is 2.40. The van der Waals surface area contributed by atoms with Crippen LogP contribution in [0, 0.1) is 31.0 Å². The van der Waals surface area contributed by atoms with Gasteiger partial charge in [-0.1, -0.05) is 24.3 Å². The van der Waals surface area contributed by atoms with E-state index in [4.69, 9.17) is 0 Å². The molecular formula is C17H14FNO. The number of benzene rings is 2. The third-order valence-corrected chi connectivity index (χ3v) is 3.22. The summed E-state index contributed by atoms with van der Waals surface area (Å²) in [5, 5.41) is 9.31. The molecule has 0 spiro atoms. The minimum absolute atomic E-state index is 0.234. The largest absolute Gasteiger partial charge is 0.292 e. The Morgan fingerprint density at radius 2 is 1.90 bits per heavy atom. The molecule has 0 radical (unpaired) electrons. The van der Waals surface area contributed by atoms with E-state index >= 15 is 0 Å². The van der Waals surface area contributed by atoms with Gasteiger partial charge in [0.15, 0.2) is 5.78 Å². The highest BCUT2D eigenvalue weighted by molar-refractivity contribution is 6.03. The zero-order chi connectivity index (χ0) is 14.7. The lowest BCUT2D eigenvalue weighted by Crippen LogP contribution is -2.13. The Morgan fingerprint density at radius 3 is 2.50 bits per heavy atom. The second-order valence-electron chi connectivity index (χ2n) is 4.80. The van der Waals surface area contributed by atoms with Gasteiger partial charge in [-0.3, -0.25) is 4.79 Å². The lowest BCUT2D eigenvalue weighted by atomic mass is 9.89. The number of nitriles is 1. The molecule has 2 aromatic carbocycles. The molecule has 0 saturated heterocycles. The van der Waals surface area contributed by atoms with Gasteiger partial charge in [-0.15, -0.1) is 0 Å². The Kier molecular flexibility index (Phi) is 3.95.